The lowest BCUT2D eigenvalue weighted by Crippen LogP contribution is -2.11. The first kappa shape index (κ1) is 13.4. The first-order valence-corrected chi connectivity index (χ1v) is 6.46. The van der Waals surface area contributed by atoms with Crippen molar-refractivity contribution >= 4 is 15.9 Å². The van der Waals surface area contributed by atoms with E-state index in [0.717, 1.165) is 24.5 Å². The summed E-state index contributed by atoms with van der Waals surface area (Å²) in [6, 6.07) is 0. The molecule has 2 unspecified atom stereocenters. The van der Waals surface area contributed by atoms with Crippen molar-refractivity contribution in [1.29, 1.82) is 0 Å². The molecule has 0 saturated carbocycles. The maximum Gasteiger partial charge on any atom is 0.0491 e. The molecule has 2 heteroatoms. The third-order valence-electron chi connectivity index (χ3n) is 2.11. The number of alkyl halides is 1. The minimum Gasteiger partial charge on any atom is -0.381 e. The van der Waals surface area contributed by atoms with Gasteiger partial charge < -0.3 is 4.74 Å². The van der Waals surface area contributed by atoms with Crippen LogP contribution in [-0.4, -0.2) is 18.5 Å². The molecule has 1 nitrogen and oxygen atoms in total. The molecule has 0 aliphatic rings. The fourth-order valence-corrected chi connectivity index (χ4v) is 1.61. The minimum absolute atomic E-state index is 0.699. The van der Waals surface area contributed by atoms with Gasteiger partial charge in [0.1, 0.15) is 0 Å². The predicted octanol–water partition coefficient (Wildman–Crippen LogP) is 3.86. The fourth-order valence-electron chi connectivity index (χ4n) is 1.35. The van der Waals surface area contributed by atoms with Gasteiger partial charge in [-0.3, -0.25) is 0 Å². The van der Waals surface area contributed by atoms with Gasteiger partial charge in [-0.05, 0) is 24.7 Å². The molecule has 80 valence electrons. The zero-order valence-corrected chi connectivity index (χ0v) is 10.8. The highest BCUT2D eigenvalue weighted by Crippen LogP contribution is 2.14. The standard InChI is InChI=1S/C11H23BrO/c1-4-5-6-13-9-11(3)7-10(2)8-12/h10-11H,4-9H2,1-3H3. The Kier molecular flexibility index (Phi) is 9.32. The van der Waals surface area contributed by atoms with Crippen molar-refractivity contribution in [2.75, 3.05) is 18.5 Å². The molecule has 13 heavy (non-hydrogen) atoms. The van der Waals surface area contributed by atoms with Gasteiger partial charge in [-0.2, -0.15) is 0 Å². The molecule has 0 aromatic carbocycles. The Hall–Kier alpha value is 0.440. The lowest BCUT2D eigenvalue weighted by atomic mass is 10.00. The SMILES string of the molecule is CCCCOCC(C)CC(C)CBr. The average molecular weight is 251 g/mol. The first-order valence-electron chi connectivity index (χ1n) is 5.34. The van der Waals surface area contributed by atoms with E-state index in [2.05, 4.69) is 36.7 Å². The molecule has 0 aromatic rings. The van der Waals surface area contributed by atoms with E-state index < -0.39 is 0 Å². The minimum atomic E-state index is 0.699. The quantitative estimate of drug-likeness (QED) is 0.470. The number of halogens is 1. The number of hydrogen-bond acceptors (Lipinski definition) is 1. The van der Waals surface area contributed by atoms with Crippen molar-refractivity contribution < 1.29 is 4.74 Å². The van der Waals surface area contributed by atoms with Crippen LogP contribution in [0.3, 0.4) is 0 Å². The molecule has 0 saturated heterocycles. The second-order valence-corrected chi connectivity index (χ2v) is 4.68. The van der Waals surface area contributed by atoms with Gasteiger partial charge in [-0.15, -0.1) is 0 Å². The summed E-state index contributed by atoms with van der Waals surface area (Å²) >= 11 is 3.50. The molecule has 0 N–H and O–H groups in total. The van der Waals surface area contributed by atoms with Crippen molar-refractivity contribution in [3.8, 4) is 0 Å². The van der Waals surface area contributed by atoms with E-state index in [4.69, 9.17) is 4.74 Å². The van der Waals surface area contributed by atoms with Crippen LogP contribution in [0.2, 0.25) is 0 Å². The van der Waals surface area contributed by atoms with Gasteiger partial charge in [0.05, 0.1) is 0 Å². The first-order chi connectivity index (χ1) is 6.20. The zero-order chi connectivity index (χ0) is 10.1. The summed E-state index contributed by atoms with van der Waals surface area (Å²) in [5, 5.41) is 1.10. The van der Waals surface area contributed by atoms with E-state index in [0.29, 0.717) is 5.92 Å². The Labute approximate surface area is 91.4 Å². The predicted molar refractivity (Wildman–Crippen MR) is 62.5 cm³/mol. The van der Waals surface area contributed by atoms with Crippen molar-refractivity contribution in [3.05, 3.63) is 0 Å². The molecule has 0 aromatic heterocycles. The van der Waals surface area contributed by atoms with Crippen LogP contribution in [0, 0.1) is 11.8 Å². The third kappa shape index (κ3) is 8.76. The molecule has 0 fully saturated rings. The molecule has 0 aliphatic carbocycles. The molecule has 0 radical (unpaired) electrons. The molecule has 0 rings (SSSR count). The number of rotatable bonds is 8. The molecule has 2 atom stereocenters. The summed E-state index contributed by atoms with van der Waals surface area (Å²) in [6.45, 7) is 8.60. The molecular weight excluding hydrogens is 228 g/mol. The van der Waals surface area contributed by atoms with Crippen molar-refractivity contribution in [1.82, 2.24) is 0 Å². The molecule has 0 spiro atoms. The van der Waals surface area contributed by atoms with Crippen molar-refractivity contribution in [3.63, 3.8) is 0 Å². The Morgan fingerprint density at radius 2 is 1.92 bits per heavy atom. The summed E-state index contributed by atoms with van der Waals surface area (Å²) in [4.78, 5) is 0. The lowest BCUT2D eigenvalue weighted by Gasteiger charge is -2.15. The van der Waals surface area contributed by atoms with E-state index in [-0.39, 0.29) is 0 Å². The zero-order valence-electron chi connectivity index (χ0n) is 9.18. The second kappa shape index (κ2) is 9.01. The molecule has 0 bridgehead atoms. The Bertz CT molecular complexity index is 106. The van der Waals surface area contributed by atoms with Crippen molar-refractivity contribution in [2.24, 2.45) is 11.8 Å². The van der Waals surface area contributed by atoms with Crippen LogP contribution in [0.4, 0.5) is 0 Å². The van der Waals surface area contributed by atoms with Gasteiger partial charge in [0.25, 0.3) is 0 Å². The third-order valence-corrected chi connectivity index (χ3v) is 3.22. The number of unbranched alkanes of at least 4 members (excludes halogenated alkanes) is 1. The maximum absolute atomic E-state index is 5.57. The van der Waals surface area contributed by atoms with E-state index in [9.17, 15) is 0 Å². The van der Waals surface area contributed by atoms with E-state index >= 15 is 0 Å². The number of ether oxygens (including phenoxy) is 1. The van der Waals surface area contributed by atoms with Gasteiger partial charge in [0.15, 0.2) is 0 Å². The highest BCUT2D eigenvalue weighted by atomic mass is 79.9. The van der Waals surface area contributed by atoms with Gasteiger partial charge in [0, 0.05) is 18.5 Å². The summed E-state index contributed by atoms with van der Waals surface area (Å²) in [5.74, 6) is 1.47. The largest absolute Gasteiger partial charge is 0.381 e. The van der Waals surface area contributed by atoms with Crippen LogP contribution < -0.4 is 0 Å². The Balaban J connectivity index is 3.24. The summed E-state index contributed by atoms with van der Waals surface area (Å²) in [6.07, 6.45) is 3.68. The molecule has 0 amide bonds. The van der Waals surface area contributed by atoms with Gasteiger partial charge in [0.2, 0.25) is 0 Å². The maximum atomic E-state index is 5.57. The fraction of sp³-hybridized carbons (Fsp3) is 1.00. The highest BCUT2D eigenvalue weighted by molar-refractivity contribution is 9.09. The monoisotopic (exact) mass is 250 g/mol. The van der Waals surface area contributed by atoms with Crippen molar-refractivity contribution in [2.45, 2.75) is 40.0 Å². The summed E-state index contributed by atoms with van der Waals surface area (Å²) in [7, 11) is 0. The van der Waals surface area contributed by atoms with Gasteiger partial charge in [-0.1, -0.05) is 43.1 Å². The molecular formula is C11H23BrO. The summed E-state index contributed by atoms with van der Waals surface area (Å²) in [5.41, 5.74) is 0. The van der Waals surface area contributed by atoms with Crippen LogP contribution in [0.1, 0.15) is 40.0 Å². The van der Waals surface area contributed by atoms with Crippen LogP contribution in [0.5, 0.6) is 0 Å². The lowest BCUT2D eigenvalue weighted by molar-refractivity contribution is 0.0958. The van der Waals surface area contributed by atoms with Gasteiger partial charge in [-0.25, -0.2) is 0 Å². The second-order valence-electron chi connectivity index (χ2n) is 4.03. The topological polar surface area (TPSA) is 9.23 Å². The van der Waals surface area contributed by atoms with E-state index in [1.807, 2.05) is 0 Å². The van der Waals surface area contributed by atoms with E-state index in [1.54, 1.807) is 0 Å². The van der Waals surface area contributed by atoms with E-state index in [1.165, 1.54) is 19.3 Å². The Morgan fingerprint density at radius 1 is 1.23 bits per heavy atom. The van der Waals surface area contributed by atoms with Crippen LogP contribution in [-0.2, 0) is 4.74 Å². The smallest absolute Gasteiger partial charge is 0.0491 e. The Morgan fingerprint density at radius 3 is 2.46 bits per heavy atom. The molecule has 0 heterocycles. The highest BCUT2D eigenvalue weighted by Gasteiger charge is 2.07. The molecule has 0 aliphatic heterocycles. The average Bonchev–Trinajstić information content (AvgIpc) is 2.12. The normalized spacial score (nSPS) is 15.7. The summed E-state index contributed by atoms with van der Waals surface area (Å²) < 4.78 is 5.57. The van der Waals surface area contributed by atoms with Crippen LogP contribution in [0.25, 0.3) is 0 Å². The number of hydrogen-bond donors (Lipinski definition) is 0. The van der Waals surface area contributed by atoms with Crippen LogP contribution >= 0.6 is 15.9 Å². The van der Waals surface area contributed by atoms with Crippen LogP contribution in [0.15, 0.2) is 0 Å². The van der Waals surface area contributed by atoms with Gasteiger partial charge >= 0.3 is 0 Å².